The molecule has 1 amide bonds. The zero-order valence-electron chi connectivity index (χ0n) is 19.2. The van der Waals surface area contributed by atoms with Gasteiger partial charge in [0.2, 0.25) is 0 Å². The van der Waals surface area contributed by atoms with Crippen LogP contribution in [0.15, 0.2) is 60.9 Å². The molecule has 4 N–H and O–H groups in total. The molecule has 0 unspecified atom stereocenters. The highest BCUT2D eigenvalue weighted by atomic mass is 19.1. The smallest absolute Gasteiger partial charge is 0.254 e. The van der Waals surface area contributed by atoms with Crippen LogP contribution in [-0.2, 0) is 12.1 Å². The number of nitrogens with two attached hydrogens (primary N) is 1. The molecule has 0 radical (unpaired) electrons. The lowest BCUT2D eigenvalue weighted by Gasteiger charge is -2.40. The van der Waals surface area contributed by atoms with Crippen LogP contribution >= 0.6 is 0 Å². The topological polar surface area (TPSA) is 116 Å². The van der Waals surface area contributed by atoms with Crippen molar-refractivity contribution in [2.24, 2.45) is 5.73 Å². The minimum atomic E-state index is -0.620. The molecule has 2 aromatic heterocycles. The van der Waals surface area contributed by atoms with E-state index in [0.717, 1.165) is 25.2 Å². The molecule has 0 atom stereocenters. The number of carbonyl (C=O) groups excluding carboxylic acids is 1. The first kappa shape index (κ1) is 22.6. The molecule has 1 saturated heterocycles. The van der Waals surface area contributed by atoms with Gasteiger partial charge in [-0.3, -0.25) is 14.4 Å². The summed E-state index contributed by atoms with van der Waals surface area (Å²) >= 11 is 0. The molecular formula is C26H26FN7O. The number of fused-ring (bicyclic) bond motifs is 1. The quantitative estimate of drug-likeness (QED) is 0.373. The number of hydrogen-bond donors (Lipinski definition) is 3. The highest BCUT2D eigenvalue weighted by Crippen LogP contribution is 2.35. The lowest BCUT2D eigenvalue weighted by Crippen LogP contribution is -2.46. The first-order valence-corrected chi connectivity index (χ1v) is 11.5. The molecule has 1 aliphatic heterocycles. The normalized spacial score (nSPS) is 15.7. The Morgan fingerprint density at radius 1 is 1.20 bits per heavy atom. The van der Waals surface area contributed by atoms with Crippen molar-refractivity contribution in [3.63, 3.8) is 0 Å². The molecule has 0 saturated carbocycles. The third-order valence-electron chi connectivity index (χ3n) is 6.85. The number of anilines is 2. The molecule has 178 valence electrons. The van der Waals surface area contributed by atoms with Crippen LogP contribution in [0.4, 0.5) is 15.9 Å². The highest BCUT2D eigenvalue weighted by molar-refractivity contribution is 5.98. The van der Waals surface area contributed by atoms with Gasteiger partial charge >= 0.3 is 0 Å². The van der Waals surface area contributed by atoms with E-state index in [1.165, 1.54) is 23.1 Å². The van der Waals surface area contributed by atoms with E-state index in [1.807, 2.05) is 6.20 Å². The predicted octanol–water partition coefficient (Wildman–Crippen LogP) is 4.25. The Morgan fingerprint density at radius 3 is 2.69 bits per heavy atom. The summed E-state index contributed by atoms with van der Waals surface area (Å²) in [6.07, 6.45) is 5.26. The summed E-state index contributed by atoms with van der Waals surface area (Å²) in [6, 6.07) is 16.5. The maximum atomic E-state index is 13.3. The number of carbonyl (C=O) groups is 1. The molecule has 0 aliphatic carbocycles. The van der Waals surface area contributed by atoms with E-state index in [1.54, 1.807) is 23.0 Å². The molecule has 3 heterocycles. The zero-order chi connectivity index (χ0) is 24.4. The number of nitriles is 1. The van der Waals surface area contributed by atoms with Crippen molar-refractivity contribution in [2.45, 2.75) is 31.3 Å². The summed E-state index contributed by atoms with van der Waals surface area (Å²) in [7, 11) is 0. The van der Waals surface area contributed by atoms with Gasteiger partial charge in [-0.05, 0) is 54.8 Å². The monoisotopic (exact) mass is 471 g/mol. The van der Waals surface area contributed by atoms with E-state index in [9.17, 15) is 14.4 Å². The standard InChI is InChI=1S/C26H26FN7O/c27-19-4-6-20(7-5-19)31-25-22(24(29)35)17-34(32-25)26(9-12-28)10-14-33(15-11-26)16-18-2-1-3-23-21(18)8-13-30-23/h1-8,13,17,30H,9-11,14-16H2,(H2,29,35)(H,31,32). The van der Waals surface area contributed by atoms with Gasteiger partial charge in [-0.1, -0.05) is 12.1 Å². The summed E-state index contributed by atoms with van der Waals surface area (Å²) in [5, 5.41) is 18.6. The largest absolute Gasteiger partial charge is 0.365 e. The first-order chi connectivity index (χ1) is 17.0. The van der Waals surface area contributed by atoms with Gasteiger partial charge in [-0.25, -0.2) is 4.39 Å². The Balaban J connectivity index is 1.37. The van der Waals surface area contributed by atoms with Gasteiger partial charge in [0, 0.05) is 48.6 Å². The summed E-state index contributed by atoms with van der Waals surface area (Å²) in [4.78, 5) is 17.8. The van der Waals surface area contributed by atoms with E-state index in [0.29, 0.717) is 24.3 Å². The third-order valence-corrected chi connectivity index (χ3v) is 6.85. The van der Waals surface area contributed by atoms with Gasteiger partial charge in [0.15, 0.2) is 5.82 Å². The van der Waals surface area contributed by atoms with Crippen LogP contribution in [0.1, 0.15) is 35.2 Å². The van der Waals surface area contributed by atoms with Crippen LogP contribution in [-0.4, -0.2) is 38.7 Å². The molecule has 8 nitrogen and oxygen atoms in total. The molecule has 35 heavy (non-hydrogen) atoms. The second-order valence-corrected chi connectivity index (χ2v) is 9.02. The van der Waals surface area contributed by atoms with Gasteiger partial charge in [-0.2, -0.15) is 10.4 Å². The minimum absolute atomic E-state index is 0.230. The highest BCUT2D eigenvalue weighted by Gasteiger charge is 2.38. The Morgan fingerprint density at radius 2 is 1.97 bits per heavy atom. The number of aromatic nitrogens is 3. The fraction of sp³-hybridized carbons (Fsp3) is 0.269. The Bertz CT molecular complexity index is 1390. The van der Waals surface area contributed by atoms with E-state index < -0.39 is 11.4 Å². The molecule has 9 heteroatoms. The second-order valence-electron chi connectivity index (χ2n) is 9.02. The maximum Gasteiger partial charge on any atom is 0.254 e. The van der Waals surface area contributed by atoms with E-state index >= 15 is 0 Å². The second kappa shape index (κ2) is 9.24. The van der Waals surface area contributed by atoms with Crippen LogP contribution in [0.2, 0.25) is 0 Å². The molecule has 1 fully saturated rings. The van der Waals surface area contributed by atoms with Crippen molar-refractivity contribution in [3.8, 4) is 6.07 Å². The maximum absolute atomic E-state index is 13.3. The van der Waals surface area contributed by atoms with Gasteiger partial charge in [0.25, 0.3) is 5.91 Å². The van der Waals surface area contributed by atoms with Crippen LogP contribution < -0.4 is 11.1 Å². The van der Waals surface area contributed by atoms with Gasteiger partial charge in [0.05, 0.1) is 18.0 Å². The van der Waals surface area contributed by atoms with Crippen LogP contribution in [0.25, 0.3) is 10.9 Å². The van der Waals surface area contributed by atoms with E-state index in [2.05, 4.69) is 50.6 Å². The average molecular weight is 472 g/mol. The summed E-state index contributed by atoms with van der Waals surface area (Å²) in [6.45, 7) is 2.39. The van der Waals surface area contributed by atoms with Gasteiger partial charge < -0.3 is 16.0 Å². The van der Waals surface area contributed by atoms with E-state index in [-0.39, 0.29) is 17.8 Å². The molecule has 4 aromatic rings. The molecule has 5 rings (SSSR count). The molecule has 0 spiro atoms. The number of halogens is 1. The zero-order valence-corrected chi connectivity index (χ0v) is 19.2. The number of rotatable bonds is 7. The van der Waals surface area contributed by atoms with Gasteiger partial charge in [-0.15, -0.1) is 0 Å². The number of likely N-dealkylation sites (tertiary alicyclic amines) is 1. The van der Waals surface area contributed by atoms with Crippen molar-refractivity contribution in [1.29, 1.82) is 5.26 Å². The van der Waals surface area contributed by atoms with Crippen molar-refractivity contribution < 1.29 is 9.18 Å². The first-order valence-electron chi connectivity index (χ1n) is 11.5. The van der Waals surface area contributed by atoms with Crippen LogP contribution in [0.5, 0.6) is 0 Å². The number of nitrogens with one attached hydrogen (secondary N) is 2. The fourth-order valence-corrected chi connectivity index (χ4v) is 4.85. The minimum Gasteiger partial charge on any atom is -0.365 e. The van der Waals surface area contributed by atoms with E-state index in [4.69, 9.17) is 5.73 Å². The number of piperidine rings is 1. The number of hydrogen-bond acceptors (Lipinski definition) is 5. The SMILES string of the molecule is N#CCC1(n2cc(C(N)=O)c(Nc3ccc(F)cc3)n2)CCN(Cc2cccc3[nH]ccc23)CC1. The third kappa shape index (κ3) is 4.48. The molecule has 0 bridgehead atoms. The van der Waals surface area contributed by atoms with Crippen molar-refractivity contribution in [1.82, 2.24) is 19.7 Å². The number of H-pyrrole nitrogens is 1. The van der Waals surface area contributed by atoms with Crippen molar-refractivity contribution in [3.05, 3.63) is 77.9 Å². The number of benzene rings is 2. The lowest BCUT2D eigenvalue weighted by atomic mass is 9.84. The van der Waals surface area contributed by atoms with Crippen molar-refractivity contribution in [2.75, 3.05) is 18.4 Å². The summed E-state index contributed by atoms with van der Waals surface area (Å²) in [5.41, 5.74) is 8.28. The Labute approximate surface area is 202 Å². The number of amides is 1. The number of aromatic amines is 1. The summed E-state index contributed by atoms with van der Waals surface area (Å²) in [5.74, 6) is -0.684. The molecule has 2 aromatic carbocycles. The van der Waals surface area contributed by atoms with Crippen molar-refractivity contribution >= 4 is 28.3 Å². The Hall–Kier alpha value is -4.16. The number of primary amides is 1. The average Bonchev–Trinajstić information content (AvgIpc) is 3.50. The van der Waals surface area contributed by atoms with Crippen LogP contribution in [0, 0.1) is 17.1 Å². The molecule has 1 aliphatic rings. The van der Waals surface area contributed by atoms with Gasteiger partial charge in [0.1, 0.15) is 11.4 Å². The number of nitrogens with zero attached hydrogens (tertiary/aromatic N) is 4. The van der Waals surface area contributed by atoms with Crippen LogP contribution in [0.3, 0.4) is 0 Å². The molecular weight excluding hydrogens is 445 g/mol. The fourth-order valence-electron chi connectivity index (χ4n) is 4.85. The Kier molecular flexibility index (Phi) is 5.97. The predicted molar refractivity (Wildman–Crippen MR) is 131 cm³/mol. The lowest BCUT2D eigenvalue weighted by molar-refractivity contribution is 0.0969. The summed E-state index contributed by atoms with van der Waals surface area (Å²) < 4.78 is 15.0.